The highest BCUT2D eigenvalue weighted by Gasteiger charge is 2.14. The first kappa shape index (κ1) is 13.9. The van der Waals surface area contributed by atoms with Gasteiger partial charge in [-0.2, -0.15) is 0 Å². The third-order valence-corrected chi connectivity index (χ3v) is 3.12. The molecule has 0 fully saturated rings. The number of carbonyl (C=O) groups is 1. The van der Waals surface area contributed by atoms with Crippen molar-refractivity contribution in [2.24, 2.45) is 7.05 Å². The lowest BCUT2D eigenvalue weighted by Gasteiger charge is -2.17. The number of aryl methyl sites for hydroxylation is 1. The molecule has 0 saturated carbocycles. The summed E-state index contributed by atoms with van der Waals surface area (Å²) in [5.41, 5.74) is 0.891. The number of aromatic nitrogens is 1. The third kappa shape index (κ3) is 2.71. The maximum absolute atomic E-state index is 12.3. The van der Waals surface area contributed by atoms with E-state index in [-0.39, 0.29) is 11.5 Å². The van der Waals surface area contributed by atoms with Crippen molar-refractivity contribution in [3.63, 3.8) is 0 Å². The lowest BCUT2D eigenvalue weighted by molar-refractivity contribution is 0.0992. The van der Waals surface area contributed by atoms with E-state index in [0.29, 0.717) is 5.56 Å². The number of benzene rings is 1. The van der Waals surface area contributed by atoms with E-state index >= 15 is 0 Å². The van der Waals surface area contributed by atoms with Gasteiger partial charge in [0.1, 0.15) is 5.75 Å². The number of methoxy groups -OCH3 is 1. The molecule has 2 rings (SSSR count). The first-order chi connectivity index (χ1) is 9.52. The fourth-order valence-corrected chi connectivity index (χ4v) is 1.80. The minimum absolute atomic E-state index is 0.209. The van der Waals surface area contributed by atoms with Crippen molar-refractivity contribution >= 4 is 11.6 Å². The van der Waals surface area contributed by atoms with Crippen molar-refractivity contribution in [2.45, 2.75) is 0 Å². The van der Waals surface area contributed by atoms with Crippen LogP contribution in [0.25, 0.3) is 0 Å². The number of pyridine rings is 1. The van der Waals surface area contributed by atoms with E-state index in [4.69, 9.17) is 4.74 Å². The summed E-state index contributed by atoms with van der Waals surface area (Å²) in [4.78, 5) is 25.4. The Labute approximate surface area is 117 Å². The van der Waals surface area contributed by atoms with Crippen LogP contribution in [0, 0.1) is 0 Å². The molecule has 1 aromatic heterocycles. The number of ether oxygens (including phenoxy) is 1. The summed E-state index contributed by atoms with van der Waals surface area (Å²) in [6.45, 7) is 0. The van der Waals surface area contributed by atoms with Gasteiger partial charge in [-0.15, -0.1) is 0 Å². The topological polar surface area (TPSA) is 51.5 Å². The fourth-order valence-electron chi connectivity index (χ4n) is 1.80. The standard InChI is InChI=1S/C15H16N2O3/c1-16-9-8-11(10-14(16)18)15(19)17(2)12-4-6-13(20-3)7-5-12/h4-10H,1-3H3. The van der Waals surface area contributed by atoms with Crippen molar-refractivity contribution < 1.29 is 9.53 Å². The number of carbonyl (C=O) groups excluding carboxylic acids is 1. The zero-order valence-electron chi connectivity index (χ0n) is 11.7. The quantitative estimate of drug-likeness (QED) is 0.854. The van der Waals surface area contributed by atoms with Gasteiger partial charge in [0.05, 0.1) is 7.11 Å². The van der Waals surface area contributed by atoms with Crippen LogP contribution in [0.3, 0.4) is 0 Å². The van der Waals surface area contributed by atoms with Crippen molar-refractivity contribution in [3.05, 3.63) is 58.5 Å². The van der Waals surface area contributed by atoms with Crippen LogP contribution in [-0.4, -0.2) is 24.6 Å². The molecular formula is C15H16N2O3. The number of rotatable bonds is 3. The highest BCUT2D eigenvalue weighted by Crippen LogP contribution is 2.19. The number of hydrogen-bond donors (Lipinski definition) is 0. The van der Waals surface area contributed by atoms with Gasteiger partial charge in [0.25, 0.3) is 11.5 Å². The molecule has 0 bridgehead atoms. The molecule has 0 spiro atoms. The Morgan fingerprint density at radius 3 is 2.40 bits per heavy atom. The molecule has 0 unspecified atom stereocenters. The fraction of sp³-hybridized carbons (Fsp3) is 0.200. The first-order valence-corrected chi connectivity index (χ1v) is 6.11. The molecule has 0 aliphatic carbocycles. The average Bonchev–Trinajstić information content (AvgIpc) is 2.48. The molecule has 1 aromatic carbocycles. The summed E-state index contributed by atoms with van der Waals surface area (Å²) in [5.74, 6) is 0.496. The van der Waals surface area contributed by atoms with E-state index in [9.17, 15) is 9.59 Å². The van der Waals surface area contributed by atoms with E-state index in [2.05, 4.69) is 0 Å². The lowest BCUT2D eigenvalue weighted by Crippen LogP contribution is -2.28. The highest BCUT2D eigenvalue weighted by molar-refractivity contribution is 6.05. The monoisotopic (exact) mass is 272 g/mol. The van der Waals surface area contributed by atoms with Gasteiger partial charge in [-0.25, -0.2) is 0 Å². The van der Waals surface area contributed by atoms with E-state index in [1.165, 1.54) is 15.5 Å². The summed E-state index contributed by atoms with van der Waals surface area (Å²) in [6, 6.07) is 10.1. The second-order valence-corrected chi connectivity index (χ2v) is 4.43. The van der Waals surface area contributed by atoms with Crippen LogP contribution in [0.15, 0.2) is 47.4 Å². The van der Waals surface area contributed by atoms with Crippen LogP contribution in [0.4, 0.5) is 5.69 Å². The minimum Gasteiger partial charge on any atom is -0.497 e. The Bertz CT molecular complexity index is 674. The molecule has 0 atom stereocenters. The third-order valence-electron chi connectivity index (χ3n) is 3.12. The predicted molar refractivity (Wildman–Crippen MR) is 77.4 cm³/mol. The van der Waals surface area contributed by atoms with Crippen molar-refractivity contribution in [1.29, 1.82) is 0 Å². The second-order valence-electron chi connectivity index (χ2n) is 4.43. The van der Waals surface area contributed by atoms with Gasteiger partial charge in [0, 0.05) is 37.6 Å². The van der Waals surface area contributed by atoms with Gasteiger partial charge in [-0.3, -0.25) is 9.59 Å². The Kier molecular flexibility index (Phi) is 3.89. The van der Waals surface area contributed by atoms with Crippen LogP contribution in [0.5, 0.6) is 5.75 Å². The number of hydrogen-bond acceptors (Lipinski definition) is 3. The molecule has 0 aliphatic heterocycles. The summed E-state index contributed by atoms with van der Waals surface area (Å²) in [7, 11) is 4.90. The summed E-state index contributed by atoms with van der Waals surface area (Å²) in [6.07, 6.45) is 1.58. The van der Waals surface area contributed by atoms with E-state index in [1.807, 2.05) is 0 Å². The molecule has 0 N–H and O–H groups in total. The molecule has 104 valence electrons. The normalized spacial score (nSPS) is 10.2. The Balaban J connectivity index is 2.27. The molecule has 0 saturated heterocycles. The molecule has 5 nitrogen and oxygen atoms in total. The molecular weight excluding hydrogens is 256 g/mol. The molecule has 0 aliphatic rings. The molecule has 0 radical (unpaired) electrons. The van der Waals surface area contributed by atoms with Crippen LogP contribution in [0.1, 0.15) is 10.4 Å². The largest absolute Gasteiger partial charge is 0.497 e. The summed E-state index contributed by atoms with van der Waals surface area (Å²) >= 11 is 0. The smallest absolute Gasteiger partial charge is 0.258 e. The van der Waals surface area contributed by atoms with E-state index in [0.717, 1.165) is 11.4 Å². The zero-order valence-corrected chi connectivity index (χ0v) is 11.7. The highest BCUT2D eigenvalue weighted by atomic mass is 16.5. The number of anilines is 1. The van der Waals surface area contributed by atoms with Crippen LogP contribution in [-0.2, 0) is 7.05 Å². The van der Waals surface area contributed by atoms with Crippen LogP contribution < -0.4 is 15.2 Å². The van der Waals surface area contributed by atoms with Crippen molar-refractivity contribution in [3.8, 4) is 5.75 Å². The lowest BCUT2D eigenvalue weighted by atomic mass is 10.2. The molecule has 1 amide bonds. The second kappa shape index (κ2) is 5.61. The Hall–Kier alpha value is -2.56. The molecule has 20 heavy (non-hydrogen) atoms. The van der Waals surface area contributed by atoms with Gasteiger partial charge in [0.2, 0.25) is 0 Å². The summed E-state index contributed by atoms with van der Waals surface area (Å²) < 4.78 is 6.50. The molecule has 1 heterocycles. The van der Waals surface area contributed by atoms with Crippen LogP contribution in [0.2, 0.25) is 0 Å². The predicted octanol–water partition coefficient (Wildman–Crippen LogP) is 1.67. The average molecular weight is 272 g/mol. The van der Waals surface area contributed by atoms with Gasteiger partial charge in [0.15, 0.2) is 0 Å². The molecule has 2 aromatic rings. The van der Waals surface area contributed by atoms with Gasteiger partial charge >= 0.3 is 0 Å². The first-order valence-electron chi connectivity index (χ1n) is 6.11. The van der Waals surface area contributed by atoms with Gasteiger partial charge in [-0.05, 0) is 30.3 Å². The Morgan fingerprint density at radius 2 is 1.85 bits per heavy atom. The zero-order chi connectivity index (χ0) is 14.7. The maximum atomic E-state index is 12.3. The summed E-state index contributed by atoms with van der Waals surface area (Å²) in [5, 5.41) is 0. The molecule has 5 heteroatoms. The minimum atomic E-state index is -0.229. The van der Waals surface area contributed by atoms with Crippen molar-refractivity contribution in [2.75, 3.05) is 19.1 Å². The van der Waals surface area contributed by atoms with Gasteiger partial charge < -0.3 is 14.2 Å². The van der Waals surface area contributed by atoms with Gasteiger partial charge in [-0.1, -0.05) is 0 Å². The number of amides is 1. The van der Waals surface area contributed by atoms with Crippen molar-refractivity contribution in [1.82, 2.24) is 4.57 Å². The number of nitrogens with zero attached hydrogens (tertiary/aromatic N) is 2. The SMILES string of the molecule is COc1ccc(N(C)C(=O)c2ccn(C)c(=O)c2)cc1. The van der Waals surface area contributed by atoms with Crippen LogP contribution >= 0.6 is 0 Å². The Morgan fingerprint density at radius 1 is 1.20 bits per heavy atom. The van der Waals surface area contributed by atoms with E-state index < -0.39 is 0 Å². The van der Waals surface area contributed by atoms with E-state index in [1.54, 1.807) is 57.7 Å². The maximum Gasteiger partial charge on any atom is 0.258 e.